The van der Waals surface area contributed by atoms with Crippen molar-refractivity contribution in [2.24, 2.45) is 0 Å². The van der Waals surface area contributed by atoms with Crippen LogP contribution in [0.1, 0.15) is 27.7 Å². The van der Waals surface area contributed by atoms with Crippen LogP contribution in [0.3, 0.4) is 0 Å². The molecule has 0 bridgehead atoms. The lowest BCUT2D eigenvalue weighted by molar-refractivity contribution is -0.117. The van der Waals surface area contributed by atoms with Crippen LogP contribution in [0.4, 0.5) is 11.5 Å². The molecule has 29 heavy (non-hydrogen) atoms. The zero-order valence-electron chi connectivity index (χ0n) is 15.3. The third-order valence-corrected chi connectivity index (χ3v) is 5.57. The van der Waals surface area contributed by atoms with E-state index in [0.717, 1.165) is 17.0 Å². The summed E-state index contributed by atoms with van der Waals surface area (Å²) in [5, 5.41) is 7.89. The Morgan fingerprint density at radius 2 is 2.24 bits per heavy atom. The van der Waals surface area contributed by atoms with Crippen molar-refractivity contribution in [1.29, 1.82) is 0 Å². The van der Waals surface area contributed by atoms with E-state index in [1.165, 1.54) is 17.5 Å². The first-order valence-electron chi connectivity index (χ1n) is 9.13. The van der Waals surface area contributed by atoms with E-state index in [-0.39, 0.29) is 24.4 Å². The van der Waals surface area contributed by atoms with Gasteiger partial charge in [0.15, 0.2) is 5.82 Å². The molecule has 0 saturated heterocycles. The minimum Gasteiger partial charge on any atom is -0.491 e. The Hall–Kier alpha value is -3.46. The molecule has 4 heterocycles. The molecule has 146 valence electrons. The van der Waals surface area contributed by atoms with Crippen LogP contribution in [0.25, 0.3) is 0 Å². The second-order valence-corrected chi connectivity index (χ2v) is 7.50. The smallest absolute Gasteiger partial charge is 0.253 e. The van der Waals surface area contributed by atoms with Crippen molar-refractivity contribution >= 4 is 34.7 Å². The largest absolute Gasteiger partial charge is 0.491 e. The standard InChI is InChI=1S/C20H17N5O3S/c26-18-7-22-19-16(25(18)8-13-10-29-11-23-13)5-12(6-21-19)20(27)24-15-9-28-17-4-2-1-3-14(15)17/h1-6,10-11,15H,7-9H2,(H,21,22)(H,24,27). The van der Waals surface area contributed by atoms with Gasteiger partial charge in [-0.15, -0.1) is 11.3 Å². The average Bonchev–Trinajstić information content (AvgIpc) is 3.40. The number of para-hydroxylation sites is 1. The van der Waals surface area contributed by atoms with Gasteiger partial charge < -0.3 is 20.3 Å². The minimum absolute atomic E-state index is 0.0945. The van der Waals surface area contributed by atoms with Gasteiger partial charge in [0.05, 0.1) is 41.6 Å². The van der Waals surface area contributed by atoms with Gasteiger partial charge in [0.1, 0.15) is 12.4 Å². The average molecular weight is 407 g/mol. The minimum atomic E-state index is -0.266. The second kappa shape index (κ2) is 7.17. The summed E-state index contributed by atoms with van der Waals surface area (Å²) in [5.41, 5.74) is 4.43. The molecule has 2 N–H and O–H groups in total. The molecule has 3 aromatic rings. The maximum absolute atomic E-state index is 12.9. The highest BCUT2D eigenvalue weighted by atomic mass is 32.1. The molecule has 0 fully saturated rings. The summed E-state index contributed by atoms with van der Waals surface area (Å²) in [4.78, 5) is 35.6. The van der Waals surface area contributed by atoms with Crippen molar-refractivity contribution in [3.8, 4) is 5.75 Å². The molecule has 2 aliphatic rings. The van der Waals surface area contributed by atoms with Gasteiger partial charge in [-0.25, -0.2) is 9.97 Å². The quantitative estimate of drug-likeness (QED) is 0.689. The normalized spacial score (nSPS) is 17.2. The lowest BCUT2D eigenvalue weighted by atomic mass is 10.1. The number of ether oxygens (including phenoxy) is 1. The van der Waals surface area contributed by atoms with E-state index in [0.29, 0.717) is 30.2 Å². The summed E-state index contributed by atoms with van der Waals surface area (Å²) in [6, 6.07) is 9.11. The molecule has 5 rings (SSSR count). The van der Waals surface area contributed by atoms with Crippen molar-refractivity contribution in [3.05, 3.63) is 64.2 Å². The van der Waals surface area contributed by atoms with Gasteiger partial charge in [-0.3, -0.25) is 9.59 Å². The van der Waals surface area contributed by atoms with Crippen LogP contribution < -0.4 is 20.3 Å². The number of nitrogens with one attached hydrogen (secondary N) is 2. The van der Waals surface area contributed by atoms with E-state index < -0.39 is 0 Å². The fraction of sp³-hybridized carbons (Fsp3) is 0.200. The Morgan fingerprint density at radius 3 is 3.10 bits per heavy atom. The first kappa shape index (κ1) is 17.6. The molecule has 1 atom stereocenters. The highest BCUT2D eigenvalue weighted by molar-refractivity contribution is 7.07. The first-order chi connectivity index (χ1) is 14.2. The number of carbonyl (C=O) groups excluding carboxylic acids is 2. The maximum Gasteiger partial charge on any atom is 0.253 e. The number of pyridine rings is 1. The lowest BCUT2D eigenvalue weighted by Gasteiger charge is -2.29. The molecule has 2 amide bonds. The molecule has 1 aromatic carbocycles. The van der Waals surface area contributed by atoms with E-state index in [2.05, 4.69) is 20.6 Å². The third kappa shape index (κ3) is 3.29. The van der Waals surface area contributed by atoms with Crippen LogP contribution in [0, 0.1) is 0 Å². The van der Waals surface area contributed by atoms with E-state index in [9.17, 15) is 9.59 Å². The molecule has 9 heteroatoms. The molecule has 2 aromatic heterocycles. The molecular weight excluding hydrogens is 390 g/mol. The molecule has 2 aliphatic heterocycles. The monoisotopic (exact) mass is 407 g/mol. The third-order valence-electron chi connectivity index (χ3n) is 4.94. The lowest BCUT2D eigenvalue weighted by Crippen LogP contribution is -2.40. The fourth-order valence-electron chi connectivity index (χ4n) is 3.48. The highest BCUT2D eigenvalue weighted by Gasteiger charge is 2.29. The van der Waals surface area contributed by atoms with E-state index >= 15 is 0 Å². The Morgan fingerprint density at radius 1 is 1.34 bits per heavy atom. The van der Waals surface area contributed by atoms with Crippen molar-refractivity contribution in [2.45, 2.75) is 12.6 Å². The Labute approximate surface area is 170 Å². The van der Waals surface area contributed by atoms with Crippen LogP contribution in [0.2, 0.25) is 0 Å². The van der Waals surface area contributed by atoms with E-state index in [4.69, 9.17) is 4.74 Å². The molecule has 1 unspecified atom stereocenters. The zero-order valence-corrected chi connectivity index (χ0v) is 16.1. The maximum atomic E-state index is 12.9. The van der Waals surface area contributed by atoms with E-state index in [1.54, 1.807) is 16.5 Å². The van der Waals surface area contributed by atoms with Gasteiger partial charge >= 0.3 is 0 Å². The van der Waals surface area contributed by atoms with Crippen LogP contribution in [-0.4, -0.2) is 34.9 Å². The summed E-state index contributed by atoms with van der Waals surface area (Å²) in [7, 11) is 0. The van der Waals surface area contributed by atoms with Gasteiger partial charge in [0.2, 0.25) is 5.91 Å². The van der Waals surface area contributed by atoms with Crippen molar-refractivity contribution in [3.63, 3.8) is 0 Å². The highest BCUT2D eigenvalue weighted by Crippen LogP contribution is 2.33. The summed E-state index contributed by atoms with van der Waals surface area (Å²) in [6.45, 7) is 0.888. The Balaban J connectivity index is 1.40. The van der Waals surface area contributed by atoms with Crippen LogP contribution >= 0.6 is 11.3 Å². The number of hydrogen-bond donors (Lipinski definition) is 2. The van der Waals surface area contributed by atoms with Crippen LogP contribution in [0.5, 0.6) is 5.75 Å². The zero-order chi connectivity index (χ0) is 19.8. The van der Waals surface area contributed by atoms with Gasteiger partial charge in [-0.2, -0.15) is 0 Å². The summed E-state index contributed by atoms with van der Waals surface area (Å²) >= 11 is 1.47. The van der Waals surface area contributed by atoms with Crippen LogP contribution in [0.15, 0.2) is 47.4 Å². The molecule has 8 nitrogen and oxygen atoms in total. The fourth-order valence-corrected chi connectivity index (χ4v) is 4.03. The number of rotatable bonds is 4. The van der Waals surface area contributed by atoms with Gasteiger partial charge in [0.25, 0.3) is 5.91 Å². The van der Waals surface area contributed by atoms with Gasteiger partial charge in [-0.1, -0.05) is 18.2 Å². The number of aromatic nitrogens is 2. The second-order valence-electron chi connectivity index (χ2n) is 6.78. The number of hydrogen-bond acceptors (Lipinski definition) is 7. The molecule has 0 aliphatic carbocycles. The topological polar surface area (TPSA) is 96.4 Å². The molecule has 0 saturated carbocycles. The van der Waals surface area contributed by atoms with Crippen molar-refractivity contribution < 1.29 is 14.3 Å². The Bertz CT molecular complexity index is 1090. The number of amides is 2. The van der Waals surface area contributed by atoms with Crippen LogP contribution in [-0.2, 0) is 11.3 Å². The number of fused-ring (bicyclic) bond motifs is 2. The predicted octanol–water partition coefficient (Wildman–Crippen LogP) is 2.36. The van der Waals surface area contributed by atoms with Crippen molar-refractivity contribution in [2.75, 3.05) is 23.4 Å². The van der Waals surface area contributed by atoms with E-state index in [1.807, 2.05) is 29.6 Å². The molecule has 0 radical (unpaired) electrons. The predicted molar refractivity (Wildman–Crippen MR) is 108 cm³/mol. The van der Waals surface area contributed by atoms with Gasteiger partial charge in [0, 0.05) is 17.1 Å². The summed E-state index contributed by atoms with van der Waals surface area (Å²) in [5.74, 6) is 0.997. The van der Waals surface area contributed by atoms with Gasteiger partial charge in [-0.05, 0) is 12.1 Å². The Kier molecular flexibility index (Phi) is 4.36. The number of thiazole rings is 1. The number of nitrogens with zero attached hydrogens (tertiary/aromatic N) is 3. The first-order valence-corrected chi connectivity index (χ1v) is 10.1. The molecule has 0 spiro atoms. The number of benzene rings is 1. The number of carbonyl (C=O) groups is 2. The SMILES string of the molecule is O=C(NC1COc2ccccc21)c1cnc2c(c1)N(Cc1cscn1)C(=O)CN2. The number of anilines is 2. The summed E-state index contributed by atoms with van der Waals surface area (Å²) < 4.78 is 5.63. The van der Waals surface area contributed by atoms with Crippen molar-refractivity contribution in [1.82, 2.24) is 15.3 Å². The summed E-state index contributed by atoms with van der Waals surface area (Å²) in [6.07, 6.45) is 1.51. The molecular formula is C20H17N5O3S.